The Balaban J connectivity index is 1.93. The van der Waals surface area contributed by atoms with Crippen LogP contribution in [0.1, 0.15) is 30.2 Å². The number of benzene rings is 2. The molecule has 0 aliphatic carbocycles. The molecule has 3 nitrogen and oxygen atoms in total. The molecule has 0 fully saturated rings. The lowest BCUT2D eigenvalue weighted by Crippen LogP contribution is -2.47. The molecule has 0 radical (unpaired) electrons. The lowest BCUT2D eigenvalue weighted by atomic mass is 9.79. The van der Waals surface area contributed by atoms with E-state index in [1.807, 2.05) is 18.2 Å². The molecule has 24 heavy (non-hydrogen) atoms. The summed E-state index contributed by atoms with van der Waals surface area (Å²) in [7, 11) is 1.70. The summed E-state index contributed by atoms with van der Waals surface area (Å²) < 4.78 is 5.31. The highest BCUT2D eigenvalue weighted by Gasteiger charge is 2.38. The zero-order chi connectivity index (χ0) is 16.7. The first-order chi connectivity index (χ1) is 11.7. The minimum atomic E-state index is -0.203. The number of methoxy groups -OCH3 is 1. The summed E-state index contributed by atoms with van der Waals surface area (Å²) in [5.41, 5.74) is 4.84. The minimum Gasteiger partial charge on any atom is -0.497 e. The number of fused-ring (bicyclic) bond motifs is 3. The smallest absolute Gasteiger partial charge is 0.118 e. The van der Waals surface area contributed by atoms with Gasteiger partial charge in [-0.2, -0.15) is 0 Å². The molecule has 1 unspecified atom stereocenters. The molecule has 0 saturated carbocycles. The Morgan fingerprint density at radius 1 is 1.17 bits per heavy atom. The number of hydrogen-bond donors (Lipinski definition) is 2. The predicted octanol–water partition coefficient (Wildman–Crippen LogP) is 4.63. The van der Waals surface area contributed by atoms with Gasteiger partial charge in [0, 0.05) is 28.2 Å². The van der Waals surface area contributed by atoms with Crippen LogP contribution in [0.2, 0.25) is 5.02 Å². The molecular formula is C20H21ClN2O. The number of halogens is 1. The summed E-state index contributed by atoms with van der Waals surface area (Å²) >= 11 is 6.23. The monoisotopic (exact) mass is 340 g/mol. The number of aromatic nitrogens is 1. The van der Waals surface area contributed by atoms with Crippen molar-refractivity contribution in [1.82, 2.24) is 10.3 Å². The number of aromatic amines is 1. The number of nitrogens with one attached hydrogen (secondary N) is 2. The van der Waals surface area contributed by atoms with Crippen LogP contribution in [0, 0.1) is 0 Å². The number of H-pyrrole nitrogens is 1. The van der Waals surface area contributed by atoms with Gasteiger partial charge in [-0.1, -0.05) is 30.7 Å². The molecule has 1 atom stereocenters. The fourth-order valence-electron chi connectivity index (χ4n) is 3.96. The van der Waals surface area contributed by atoms with E-state index >= 15 is 0 Å². The molecule has 1 aliphatic rings. The Hall–Kier alpha value is -1.97. The minimum absolute atomic E-state index is 0.203. The zero-order valence-electron chi connectivity index (χ0n) is 13.9. The molecule has 2 N–H and O–H groups in total. The summed E-state index contributed by atoms with van der Waals surface area (Å²) in [6.07, 6.45) is 1.97. The van der Waals surface area contributed by atoms with Crippen molar-refractivity contribution >= 4 is 22.5 Å². The fourth-order valence-corrected chi connectivity index (χ4v) is 4.13. The van der Waals surface area contributed by atoms with Crippen LogP contribution in [0.15, 0.2) is 42.5 Å². The summed E-state index contributed by atoms with van der Waals surface area (Å²) in [6, 6.07) is 14.5. The molecule has 3 aromatic rings. The molecule has 2 aromatic carbocycles. The van der Waals surface area contributed by atoms with Gasteiger partial charge in [-0.25, -0.2) is 0 Å². The van der Waals surface area contributed by atoms with Crippen LogP contribution in [-0.4, -0.2) is 18.6 Å². The van der Waals surface area contributed by atoms with Crippen molar-refractivity contribution in [3.05, 3.63) is 64.3 Å². The third-order valence-electron chi connectivity index (χ3n) is 5.21. The Bertz CT molecular complexity index is 885. The molecule has 4 heteroatoms. The second-order valence-electron chi connectivity index (χ2n) is 6.33. The Morgan fingerprint density at radius 2 is 1.96 bits per heavy atom. The maximum atomic E-state index is 6.23. The first kappa shape index (κ1) is 15.6. The molecule has 4 rings (SSSR count). The molecule has 1 aromatic heterocycles. The lowest BCUT2D eigenvalue weighted by molar-refractivity contribution is 0.359. The van der Waals surface area contributed by atoms with E-state index in [-0.39, 0.29) is 5.54 Å². The average Bonchev–Trinajstić information content (AvgIpc) is 3.00. The van der Waals surface area contributed by atoms with Crippen LogP contribution in [0.25, 0.3) is 10.9 Å². The van der Waals surface area contributed by atoms with Crippen LogP contribution in [-0.2, 0) is 12.0 Å². The van der Waals surface area contributed by atoms with Crippen LogP contribution in [0.4, 0.5) is 0 Å². The van der Waals surface area contributed by atoms with Gasteiger partial charge in [-0.3, -0.25) is 0 Å². The third kappa shape index (κ3) is 2.23. The average molecular weight is 341 g/mol. The first-order valence-corrected chi connectivity index (χ1v) is 8.76. The molecule has 124 valence electrons. The SMILES string of the molecule is CCC1(c2ccc(OC)cc2)NCCc2c1[nH]c1ccc(Cl)cc21. The van der Waals surface area contributed by atoms with Crippen molar-refractivity contribution in [2.45, 2.75) is 25.3 Å². The highest BCUT2D eigenvalue weighted by atomic mass is 35.5. The number of hydrogen-bond acceptors (Lipinski definition) is 2. The van der Waals surface area contributed by atoms with Crippen LogP contribution in [0.5, 0.6) is 5.75 Å². The van der Waals surface area contributed by atoms with Gasteiger partial charge in [0.2, 0.25) is 0 Å². The second-order valence-corrected chi connectivity index (χ2v) is 6.77. The van der Waals surface area contributed by atoms with E-state index in [9.17, 15) is 0 Å². The van der Waals surface area contributed by atoms with Crippen molar-refractivity contribution in [3.8, 4) is 5.75 Å². The van der Waals surface area contributed by atoms with Crippen LogP contribution in [0.3, 0.4) is 0 Å². The van der Waals surface area contributed by atoms with E-state index in [0.29, 0.717) is 0 Å². The van der Waals surface area contributed by atoms with Gasteiger partial charge in [-0.05, 0) is 54.3 Å². The van der Waals surface area contributed by atoms with Gasteiger partial charge < -0.3 is 15.0 Å². The zero-order valence-corrected chi connectivity index (χ0v) is 14.7. The molecular weight excluding hydrogens is 320 g/mol. The second kappa shape index (κ2) is 5.83. The Morgan fingerprint density at radius 3 is 2.67 bits per heavy atom. The number of rotatable bonds is 3. The molecule has 2 heterocycles. The van der Waals surface area contributed by atoms with Crippen molar-refractivity contribution in [2.24, 2.45) is 0 Å². The van der Waals surface area contributed by atoms with Crippen LogP contribution < -0.4 is 10.1 Å². The quantitative estimate of drug-likeness (QED) is 0.729. The summed E-state index contributed by atoms with van der Waals surface area (Å²) in [5.74, 6) is 0.879. The van der Waals surface area contributed by atoms with E-state index in [2.05, 4.69) is 41.5 Å². The van der Waals surface area contributed by atoms with Crippen molar-refractivity contribution in [1.29, 1.82) is 0 Å². The molecule has 0 saturated heterocycles. The Kier molecular flexibility index (Phi) is 3.78. The van der Waals surface area contributed by atoms with Gasteiger partial charge in [-0.15, -0.1) is 0 Å². The van der Waals surface area contributed by atoms with Crippen LogP contribution >= 0.6 is 11.6 Å². The van der Waals surface area contributed by atoms with E-state index in [4.69, 9.17) is 16.3 Å². The maximum Gasteiger partial charge on any atom is 0.118 e. The van der Waals surface area contributed by atoms with Crippen molar-refractivity contribution < 1.29 is 4.74 Å². The molecule has 0 amide bonds. The lowest BCUT2D eigenvalue weighted by Gasteiger charge is -2.38. The van der Waals surface area contributed by atoms with Gasteiger partial charge in [0.25, 0.3) is 0 Å². The highest BCUT2D eigenvalue weighted by Crippen LogP contribution is 2.41. The predicted molar refractivity (Wildman–Crippen MR) is 99.1 cm³/mol. The molecule has 0 spiro atoms. The molecule has 1 aliphatic heterocycles. The molecule has 0 bridgehead atoms. The number of ether oxygens (including phenoxy) is 1. The largest absolute Gasteiger partial charge is 0.497 e. The van der Waals surface area contributed by atoms with E-state index in [0.717, 1.165) is 35.7 Å². The van der Waals surface area contributed by atoms with E-state index < -0.39 is 0 Å². The van der Waals surface area contributed by atoms with Gasteiger partial charge in [0.05, 0.1) is 12.6 Å². The summed E-state index contributed by atoms with van der Waals surface area (Å²) in [6.45, 7) is 3.18. The normalized spacial score (nSPS) is 20.1. The van der Waals surface area contributed by atoms with Gasteiger partial charge in [0.1, 0.15) is 5.75 Å². The highest BCUT2D eigenvalue weighted by molar-refractivity contribution is 6.31. The standard InChI is InChI=1S/C20H21ClN2O/c1-3-20(13-4-7-15(24-2)8-5-13)19-16(10-11-22-20)17-12-14(21)6-9-18(17)23-19/h4-9,12,22-23H,3,10-11H2,1-2H3. The van der Waals surface area contributed by atoms with Crippen molar-refractivity contribution in [3.63, 3.8) is 0 Å². The third-order valence-corrected chi connectivity index (χ3v) is 5.44. The topological polar surface area (TPSA) is 37.0 Å². The fraction of sp³-hybridized carbons (Fsp3) is 0.300. The van der Waals surface area contributed by atoms with E-state index in [1.54, 1.807) is 7.11 Å². The van der Waals surface area contributed by atoms with Crippen molar-refractivity contribution in [2.75, 3.05) is 13.7 Å². The maximum absolute atomic E-state index is 6.23. The summed E-state index contributed by atoms with van der Waals surface area (Å²) in [4.78, 5) is 3.66. The van der Waals surface area contributed by atoms with Gasteiger partial charge in [0.15, 0.2) is 0 Å². The summed E-state index contributed by atoms with van der Waals surface area (Å²) in [5, 5.41) is 5.79. The van der Waals surface area contributed by atoms with Gasteiger partial charge >= 0.3 is 0 Å². The Labute approximate surface area is 147 Å². The first-order valence-electron chi connectivity index (χ1n) is 8.38. The van der Waals surface area contributed by atoms with E-state index in [1.165, 1.54) is 22.2 Å².